The summed E-state index contributed by atoms with van der Waals surface area (Å²) in [6, 6.07) is 0. The molecule has 0 saturated carbocycles. The van der Waals surface area contributed by atoms with E-state index in [1.807, 2.05) is 0 Å². The average molecular weight is 342 g/mol. The molecule has 0 fully saturated rings. The predicted octanol–water partition coefficient (Wildman–Crippen LogP) is 2.95. The van der Waals surface area contributed by atoms with Crippen LogP contribution in [-0.2, 0) is 19.1 Å². The van der Waals surface area contributed by atoms with Crippen LogP contribution in [0, 0.1) is 5.92 Å². The predicted molar refractivity (Wildman–Crippen MR) is 57.3 cm³/mol. The Morgan fingerprint density at radius 3 is 1.91 bits per heavy atom. The largest absolute Gasteiger partial charge is 0.460 e. The summed E-state index contributed by atoms with van der Waals surface area (Å²) < 4.78 is 93.8. The van der Waals surface area contributed by atoms with Gasteiger partial charge in [-0.25, -0.2) is 4.79 Å². The van der Waals surface area contributed by atoms with Crippen LogP contribution in [0.15, 0.2) is 0 Å². The molecule has 0 aromatic rings. The number of esters is 2. The van der Waals surface area contributed by atoms with Crippen LogP contribution in [-0.4, -0.2) is 43.2 Å². The zero-order valence-electron chi connectivity index (χ0n) is 11.5. The maximum Gasteiger partial charge on any atom is 0.460 e. The molecule has 0 aliphatic rings. The number of hydrogen-bond donors (Lipinski definition) is 0. The maximum atomic E-state index is 12.8. The first-order chi connectivity index (χ1) is 9.76. The van der Waals surface area contributed by atoms with Gasteiger partial charge in [0.25, 0.3) is 0 Å². The average Bonchev–Trinajstić information content (AvgIpc) is 2.40. The van der Waals surface area contributed by atoms with Gasteiger partial charge in [-0.2, -0.15) is 30.7 Å². The van der Waals surface area contributed by atoms with Crippen molar-refractivity contribution in [3.8, 4) is 0 Å². The smallest absolute Gasteiger partial charge is 0.456 e. The van der Waals surface area contributed by atoms with Crippen LogP contribution in [0.25, 0.3) is 0 Å². The summed E-state index contributed by atoms with van der Waals surface area (Å²) in [4.78, 5) is 22.0. The zero-order valence-corrected chi connectivity index (χ0v) is 11.5. The van der Waals surface area contributed by atoms with Gasteiger partial charge in [0.1, 0.15) is 0 Å². The van der Waals surface area contributed by atoms with Gasteiger partial charge in [0, 0.05) is 0 Å². The molecule has 0 aromatic carbocycles. The van der Waals surface area contributed by atoms with E-state index in [4.69, 9.17) is 0 Å². The van der Waals surface area contributed by atoms with Gasteiger partial charge in [-0.05, 0) is 6.42 Å². The summed E-state index contributed by atoms with van der Waals surface area (Å²) in [6.07, 6.45) is -6.16. The Morgan fingerprint density at radius 2 is 1.50 bits per heavy atom. The lowest BCUT2D eigenvalue weighted by atomic mass is 10.1. The molecule has 4 nitrogen and oxygen atoms in total. The summed E-state index contributed by atoms with van der Waals surface area (Å²) in [5.74, 6) is -15.2. The van der Waals surface area contributed by atoms with Crippen LogP contribution in [0.3, 0.4) is 0 Å². The monoisotopic (exact) mass is 342 g/mol. The summed E-state index contributed by atoms with van der Waals surface area (Å²) in [7, 11) is 0. The minimum atomic E-state index is -6.51. The van der Waals surface area contributed by atoms with Crippen LogP contribution < -0.4 is 0 Å². The highest BCUT2D eigenvalue weighted by atomic mass is 19.4. The Labute approximate surface area is 120 Å². The number of alkyl halides is 7. The van der Waals surface area contributed by atoms with Crippen molar-refractivity contribution in [3.05, 3.63) is 0 Å². The molecule has 1 atom stereocenters. The van der Waals surface area contributed by atoms with Gasteiger partial charge in [-0.15, -0.1) is 0 Å². The number of hydrogen-bond acceptors (Lipinski definition) is 4. The molecule has 11 heteroatoms. The second-order valence-corrected chi connectivity index (χ2v) is 4.35. The van der Waals surface area contributed by atoms with Crippen molar-refractivity contribution in [2.45, 2.75) is 38.3 Å². The summed E-state index contributed by atoms with van der Waals surface area (Å²) >= 11 is 0. The number of carbonyl (C=O) groups excluding carboxylic acids is 2. The highest BCUT2D eigenvalue weighted by Gasteiger charge is 2.73. The van der Waals surface area contributed by atoms with Crippen molar-refractivity contribution in [1.82, 2.24) is 0 Å². The minimum absolute atomic E-state index is 0.351. The van der Waals surface area contributed by atoms with Crippen LogP contribution in [0.5, 0.6) is 0 Å². The second-order valence-electron chi connectivity index (χ2n) is 4.35. The lowest BCUT2D eigenvalue weighted by Crippen LogP contribution is -2.54. The number of ether oxygens (including phenoxy) is 2. The quantitative estimate of drug-likeness (QED) is 0.527. The van der Waals surface area contributed by atoms with Crippen molar-refractivity contribution in [1.29, 1.82) is 0 Å². The molecule has 0 rings (SSSR count). The third kappa shape index (κ3) is 5.02. The Morgan fingerprint density at radius 1 is 1.00 bits per heavy atom. The van der Waals surface area contributed by atoms with Crippen molar-refractivity contribution in [2.24, 2.45) is 5.92 Å². The number of halogens is 7. The molecule has 0 aliphatic carbocycles. The SMILES string of the molecule is CCC(C)C(=O)OCC(=O)OCC(F)(F)C(F)(F)C(F)(F)F. The molecule has 22 heavy (non-hydrogen) atoms. The van der Waals surface area contributed by atoms with Crippen LogP contribution in [0.1, 0.15) is 20.3 Å². The van der Waals surface area contributed by atoms with E-state index >= 15 is 0 Å². The molecule has 0 bridgehead atoms. The third-order valence-corrected chi connectivity index (χ3v) is 2.58. The van der Waals surface area contributed by atoms with Crippen molar-refractivity contribution in [2.75, 3.05) is 13.2 Å². The molecule has 0 aliphatic heterocycles. The van der Waals surface area contributed by atoms with Crippen LogP contribution in [0.2, 0.25) is 0 Å². The van der Waals surface area contributed by atoms with E-state index in [1.54, 1.807) is 6.92 Å². The molecule has 0 heterocycles. The lowest BCUT2D eigenvalue weighted by molar-refractivity contribution is -0.359. The van der Waals surface area contributed by atoms with E-state index in [1.165, 1.54) is 6.92 Å². The van der Waals surface area contributed by atoms with Gasteiger partial charge in [0.2, 0.25) is 0 Å². The first kappa shape index (κ1) is 20.5. The van der Waals surface area contributed by atoms with E-state index in [9.17, 15) is 40.3 Å². The van der Waals surface area contributed by atoms with Gasteiger partial charge >= 0.3 is 30.0 Å². The molecule has 0 spiro atoms. The van der Waals surface area contributed by atoms with Gasteiger partial charge in [-0.3, -0.25) is 4.79 Å². The highest BCUT2D eigenvalue weighted by Crippen LogP contribution is 2.46. The third-order valence-electron chi connectivity index (χ3n) is 2.58. The van der Waals surface area contributed by atoms with Gasteiger partial charge in [0.05, 0.1) is 5.92 Å². The number of rotatable bonds is 7. The molecule has 0 radical (unpaired) electrons. The number of carbonyl (C=O) groups is 2. The van der Waals surface area contributed by atoms with E-state index in [2.05, 4.69) is 9.47 Å². The standard InChI is InChI=1S/C11H13F7O4/c1-3-6(2)8(20)21-4-7(19)22-5-9(12,13)10(14,15)11(16,17)18/h6H,3-5H2,1-2H3. The molecule has 1 unspecified atom stereocenters. The fourth-order valence-corrected chi connectivity index (χ4v) is 0.950. The summed E-state index contributed by atoms with van der Waals surface area (Å²) in [5.41, 5.74) is 0. The molecular weight excluding hydrogens is 329 g/mol. The zero-order chi connectivity index (χ0) is 17.8. The maximum absolute atomic E-state index is 12.8. The summed E-state index contributed by atoms with van der Waals surface area (Å²) in [5, 5.41) is 0. The van der Waals surface area contributed by atoms with Gasteiger partial charge in [0.15, 0.2) is 13.2 Å². The summed E-state index contributed by atoms with van der Waals surface area (Å²) in [6.45, 7) is -0.619. The Hall–Kier alpha value is -1.55. The first-order valence-corrected chi connectivity index (χ1v) is 5.91. The topological polar surface area (TPSA) is 52.6 Å². The van der Waals surface area contributed by atoms with Crippen LogP contribution in [0.4, 0.5) is 30.7 Å². The van der Waals surface area contributed by atoms with E-state index in [-0.39, 0.29) is 0 Å². The molecule has 0 saturated heterocycles. The molecular formula is C11H13F7O4. The van der Waals surface area contributed by atoms with Crippen molar-refractivity contribution < 1.29 is 49.8 Å². The van der Waals surface area contributed by atoms with Crippen molar-refractivity contribution in [3.63, 3.8) is 0 Å². The fourth-order valence-electron chi connectivity index (χ4n) is 0.950. The first-order valence-electron chi connectivity index (χ1n) is 5.91. The lowest BCUT2D eigenvalue weighted by Gasteiger charge is -2.27. The Bertz CT molecular complexity index is 406. The molecule has 0 N–H and O–H groups in total. The highest BCUT2D eigenvalue weighted by molar-refractivity contribution is 5.77. The second kappa shape index (κ2) is 7.14. The van der Waals surface area contributed by atoms with Crippen LogP contribution >= 0.6 is 0 Å². The Kier molecular flexibility index (Phi) is 6.64. The Balaban J connectivity index is 4.49. The molecule has 0 amide bonds. The van der Waals surface area contributed by atoms with E-state index in [0.29, 0.717) is 6.42 Å². The fraction of sp³-hybridized carbons (Fsp3) is 0.818. The van der Waals surface area contributed by atoms with E-state index < -0.39 is 49.1 Å². The van der Waals surface area contributed by atoms with E-state index in [0.717, 1.165) is 0 Å². The molecule has 0 aromatic heterocycles. The minimum Gasteiger partial charge on any atom is -0.456 e. The van der Waals surface area contributed by atoms with Gasteiger partial charge in [-0.1, -0.05) is 13.8 Å². The molecule has 130 valence electrons. The normalized spacial score (nSPS) is 14.4. The van der Waals surface area contributed by atoms with Gasteiger partial charge < -0.3 is 9.47 Å². The van der Waals surface area contributed by atoms with Crippen molar-refractivity contribution >= 4 is 11.9 Å².